The molecule has 2 aliphatic heterocycles. The molecule has 1 N–H and O–H groups in total. The Balaban J connectivity index is 2.14. The van der Waals surface area contributed by atoms with E-state index in [-0.39, 0.29) is 35.8 Å². The van der Waals surface area contributed by atoms with Crippen molar-refractivity contribution in [3.05, 3.63) is 0 Å². The van der Waals surface area contributed by atoms with Gasteiger partial charge in [0.05, 0.1) is 12.8 Å². The van der Waals surface area contributed by atoms with Gasteiger partial charge in [0.2, 0.25) is 0 Å². The largest absolute Gasteiger partial charge is 0.458 e. The Bertz CT molecular complexity index is 758. The minimum atomic E-state index is -2.83. The molecule has 13 heteroatoms. The molecule has 2 aliphatic rings. The highest BCUT2D eigenvalue weighted by Crippen LogP contribution is 2.25. The Morgan fingerprint density at radius 3 is 1.39 bits per heavy atom. The molecule has 4 amide bonds. The number of amides is 4. The van der Waals surface area contributed by atoms with Gasteiger partial charge in [0.1, 0.15) is 5.60 Å². The van der Waals surface area contributed by atoms with Crippen LogP contribution in [0.1, 0.15) is 59.3 Å². The maximum Gasteiger partial charge on any atom is 0.339 e. The number of imide groups is 2. The van der Waals surface area contributed by atoms with E-state index in [4.69, 9.17) is 4.74 Å². The first-order chi connectivity index (χ1) is 14.2. The quantitative estimate of drug-likeness (QED) is 0.380. The van der Waals surface area contributed by atoms with Crippen LogP contribution in [-0.4, -0.2) is 68.0 Å². The number of hydrogen-bond acceptors (Lipinski definition) is 11. The summed E-state index contributed by atoms with van der Waals surface area (Å²) < 4.78 is 5.03. The molecule has 0 atom stereocenters. The Morgan fingerprint density at radius 2 is 1.10 bits per heavy atom. The first-order valence-corrected chi connectivity index (χ1v) is 9.31. The molecule has 0 aromatic carbocycles. The molecular weight excluding hydrogens is 420 g/mol. The molecule has 0 radical (unpaired) electrons. The van der Waals surface area contributed by atoms with Crippen LogP contribution in [0.25, 0.3) is 0 Å². The van der Waals surface area contributed by atoms with Crippen LogP contribution in [0, 0.1) is 0 Å². The van der Waals surface area contributed by atoms with E-state index in [0.717, 1.165) is 0 Å². The van der Waals surface area contributed by atoms with Crippen molar-refractivity contribution in [3.8, 4) is 0 Å². The van der Waals surface area contributed by atoms with Gasteiger partial charge in [-0.05, 0) is 20.8 Å². The maximum absolute atomic E-state index is 12.5. The topological polar surface area (TPSA) is 174 Å². The summed E-state index contributed by atoms with van der Waals surface area (Å²) >= 11 is 0. The fourth-order valence-electron chi connectivity index (χ4n) is 2.64. The van der Waals surface area contributed by atoms with Crippen molar-refractivity contribution in [1.29, 1.82) is 0 Å². The van der Waals surface area contributed by atoms with Crippen LogP contribution in [0.5, 0.6) is 0 Å². The molecule has 0 spiro atoms. The second-order valence-corrected chi connectivity index (χ2v) is 7.98. The van der Waals surface area contributed by atoms with Crippen molar-refractivity contribution in [1.82, 2.24) is 10.1 Å². The molecule has 0 aliphatic carbocycles. The van der Waals surface area contributed by atoms with Crippen LogP contribution < -0.4 is 0 Å². The standard InChI is InChI=1S/C18H22N2O11/c1-17(2,3)29-16(27)18(28,8-14(25)30-19-10(21)4-5-11(19)22)9-15(26)31-20-12(23)6-7-13(20)24/h28H,4-9H2,1-3H3. The van der Waals surface area contributed by atoms with Gasteiger partial charge in [-0.25, -0.2) is 14.4 Å². The van der Waals surface area contributed by atoms with E-state index in [9.17, 15) is 38.7 Å². The van der Waals surface area contributed by atoms with Gasteiger partial charge in [-0.3, -0.25) is 19.2 Å². The Hall–Kier alpha value is -3.35. The van der Waals surface area contributed by atoms with E-state index in [2.05, 4.69) is 9.68 Å². The van der Waals surface area contributed by atoms with Gasteiger partial charge in [-0.1, -0.05) is 0 Å². The molecule has 31 heavy (non-hydrogen) atoms. The van der Waals surface area contributed by atoms with E-state index in [1.807, 2.05) is 0 Å². The summed E-state index contributed by atoms with van der Waals surface area (Å²) in [5, 5.41) is 11.2. The third-order valence-electron chi connectivity index (χ3n) is 4.05. The molecule has 2 saturated heterocycles. The van der Waals surface area contributed by atoms with Gasteiger partial charge < -0.3 is 19.5 Å². The number of aliphatic hydroxyl groups is 1. The highest BCUT2D eigenvalue weighted by atomic mass is 16.7. The highest BCUT2D eigenvalue weighted by Gasteiger charge is 2.47. The van der Waals surface area contributed by atoms with Gasteiger partial charge in [0.15, 0.2) is 5.60 Å². The van der Waals surface area contributed by atoms with Gasteiger partial charge in [0, 0.05) is 25.7 Å². The molecule has 2 rings (SSSR count). The summed E-state index contributed by atoms with van der Waals surface area (Å²) in [6.07, 6.45) is -3.06. The summed E-state index contributed by atoms with van der Waals surface area (Å²) in [7, 11) is 0. The molecule has 13 nitrogen and oxygen atoms in total. The zero-order valence-electron chi connectivity index (χ0n) is 17.2. The zero-order chi connectivity index (χ0) is 23.6. The van der Waals surface area contributed by atoms with Crippen molar-refractivity contribution in [3.63, 3.8) is 0 Å². The number of nitrogens with zero attached hydrogens (tertiary/aromatic N) is 2. The number of rotatable bonds is 7. The molecule has 2 heterocycles. The molecule has 2 fully saturated rings. The monoisotopic (exact) mass is 442 g/mol. The van der Waals surface area contributed by atoms with E-state index in [1.54, 1.807) is 0 Å². The predicted octanol–water partition coefficient (Wildman–Crippen LogP) is -0.946. The molecule has 0 aromatic heterocycles. The Kier molecular flexibility index (Phi) is 6.79. The minimum Gasteiger partial charge on any atom is -0.458 e. The number of carbonyl (C=O) groups excluding carboxylic acids is 7. The summed E-state index contributed by atoms with van der Waals surface area (Å²) in [6, 6.07) is 0. The highest BCUT2D eigenvalue weighted by molar-refractivity contribution is 6.02. The van der Waals surface area contributed by atoms with Crippen molar-refractivity contribution < 1.29 is 53.1 Å². The number of hydroxylamine groups is 4. The fraction of sp³-hybridized carbons (Fsp3) is 0.611. The summed E-state index contributed by atoms with van der Waals surface area (Å²) in [6.45, 7) is 4.39. The number of ether oxygens (including phenoxy) is 1. The van der Waals surface area contributed by atoms with Crippen LogP contribution in [0.4, 0.5) is 0 Å². The Labute approximate surface area is 176 Å². The summed E-state index contributed by atoms with van der Waals surface area (Å²) in [5.74, 6) is -7.30. The van der Waals surface area contributed by atoms with E-state index < -0.39 is 65.6 Å². The molecule has 0 saturated carbocycles. The molecule has 0 aromatic rings. The number of hydrogen-bond donors (Lipinski definition) is 1. The van der Waals surface area contributed by atoms with Crippen molar-refractivity contribution in [2.75, 3.05) is 0 Å². The van der Waals surface area contributed by atoms with Crippen molar-refractivity contribution in [2.45, 2.75) is 70.5 Å². The van der Waals surface area contributed by atoms with E-state index >= 15 is 0 Å². The zero-order valence-corrected chi connectivity index (χ0v) is 17.2. The summed E-state index contributed by atoms with van der Waals surface area (Å²) in [5.41, 5.74) is -3.96. The second-order valence-electron chi connectivity index (χ2n) is 7.98. The average molecular weight is 442 g/mol. The lowest BCUT2D eigenvalue weighted by Gasteiger charge is -2.29. The van der Waals surface area contributed by atoms with Gasteiger partial charge in [-0.15, -0.1) is 10.1 Å². The van der Waals surface area contributed by atoms with Crippen molar-refractivity contribution >= 4 is 41.5 Å². The van der Waals surface area contributed by atoms with Gasteiger partial charge >= 0.3 is 17.9 Å². The fourth-order valence-corrected chi connectivity index (χ4v) is 2.64. The first-order valence-electron chi connectivity index (χ1n) is 9.31. The lowest BCUT2D eigenvalue weighted by atomic mass is 9.95. The third kappa shape index (κ3) is 6.07. The van der Waals surface area contributed by atoms with Crippen molar-refractivity contribution in [2.24, 2.45) is 0 Å². The van der Waals surface area contributed by atoms with Crippen LogP contribution >= 0.6 is 0 Å². The Morgan fingerprint density at radius 1 is 0.774 bits per heavy atom. The van der Waals surface area contributed by atoms with Crippen LogP contribution in [-0.2, 0) is 48.0 Å². The van der Waals surface area contributed by atoms with Crippen LogP contribution in [0.15, 0.2) is 0 Å². The lowest BCUT2D eigenvalue weighted by Crippen LogP contribution is -2.48. The lowest BCUT2D eigenvalue weighted by molar-refractivity contribution is -0.209. The first kappa shape index (κ1) is 23.9. The normalized spacial score (nSPS) is 17.3. The van der Waals surface area contributed by atoms with Crippen LogP contribution in [0.3, 0.4) is 0 Å². The predicted molar refractivity (Wildman–Crippen MR) is 94.4 cm³/mol. The van der Waals surface area contributed by atoms with Crippen LogP contribution in [0.2, 0.25) is 0 Å². The summed E-state index contributed by atoms with van der Waals surface area (Å²) in [4.78, 5) is 92.4. The van der Waals surface area contributed by atoms with Gasteiger partial charge in [-0.2, -0.15) is 0 Å². The average Bonchev–Trinajstić information content (AvgIpc) is 3.10. The molecular formula is C18H22N2O11. The van der Waals surface area contributed by atoms with Gasteiger partial charge in [0.25, 0.3) is 23.6 Å². The number of carbonyl (C=O) groups is 7. The smallest absolute Gasteiger partial charge is 0.339 e. The molecule has 0 unspecified atom stereocenters. The number of esters is 1. The molecule has 170 valence electrons. The maximum atomic E-state index is 12.5. The SMILES string of the molecule is CC(C)(C)OC(=O)C(O)(CC(=O)ON1C(=O)CCC1=O)CC(=O)ON1C(=O)CCC1=O. The minimum absolute atomic E-state index is 0.174. The third-order valence-corrected chi connectivity index (χ3v) is 4.05. The second kappa shape index (κ2) is 8.79. The van der Waals surface area contributed by atoms with E-state index in [1.165, 1.54) is 20.8 Å². The molecule has 0 bridgehead atoms. The van der Waals surface area contributed by atoms with E-state index in [0.29, 0.717) is 0 Å².